The second kappa shape index (κ2) is 4.58. The lowest BCUT2D eigenvalue weighted by Crippen LogP contribution is -2.53. The highest BCUT2D eigenvalue weighted by atomic mass is 16.5. The van der Waals surface area contributed by atoms with Crippen LogP contribution in [0.3, 0.4) is 0 Å². The first-order chi connectivity index (χ1) is 6.16. The largest absolute Gasteiger partial charge is 0.377 e. The first-order valence-electron chi connectivity index (χ1n) is 4.75. The Bertz CT molecular complexity index is 182. The molecule has 4 heteroatoms. The Kier molecular flexibility index (Phi) is 3.69. The Morgan fingerprint density at radius 1 is 1.69 bits per heavy atom. The number of ether oxygens (including phenoxy) is 1. The molecule has 0 aromatic heterocycles. The van der Waals surface area contributed by atoms with Crippen molar-refractivity contribution in [2.75, 3.05) is 26.3 Å². The molecule has 76 valence electrons. The molecule has 0 bridgehead atoms. The number of rotatable bonds is 2. The Balaban J connectivity index is 2.58. The van der Waals surface area contributed by atoms with Gasteiger partial charge in [-0.25, -0.2) is 0 Å². The van der Waals surface area contributed by atoms with Crippen molar-refractivity contribution in [2.24, 2.45) is 11.7 Å². The fourth-order valence-corrected chi connectivity index (χ4v) is 1.47. The van der Waals surface area contributed by atoms with E-state index in [1.54, 1.807) is 0 Å². The van der Waals surface area contributed by atoms with Crippen LogP contribution in [0.5, 0.6) is 0 Å². The fourth-order valence-electron chi connectivity index (χ4n) is 1.47. The molecule has 2 N–H and O–H groups in total. The van der Waals surface area contributed by atoms with E-state index in [1.807, 2.05) is 18.7 Å². The van der Waals surface area contributed by atoms with Gasteiger partial charge in [-0.2, -0.15) is 0 Å². The van der Waals surface area contributed by atoms with Gasteiger partial charge in [-0.3, -0.25) is 4.79 Å². The van der Waals surface area contributed by atoms with Gasteiger partial charge >= 0.3 is 0 Å². The lowest BCUT2D eigenvalue weighted by molar-refractivity contribution is -0.142. The summed E-state index contributed by atoms with van der Waals surface area (Å²) in [7, 11) is 0. The molecule has 1 fully saturated rings. The van der Waals surface area contributed by atoms with E-state index in [2.05, 4.69) is 0 Å². The fraction of sp³-hybridized carbons (Fsp3) is 0.889. The zero-order valence-electron chi connectivity index (χ0n) is 8.32. The van der Waals surface area contributed by atoms with Crippen molar-refractivity contribution in [1.82, 2.24) is 4.90 Å². The normalized spacial score (nSPS) is 23.7. The molecular formula is C9H18N2O2. The zero-order valence-corrected chi connectivity index (χ0v) is 8.32. The SMILES string of the molecule is CC(C)C(=O)N1CCOCC1CN. The minimum absolute atomic E-state index is 0.0483. The first kappa shape index (κ1) is 10.5. The van der Waals surface area contributed by atoms with Crippen LogP contribution in [0.4, 0.5) is 0 Å². The zero-order chi connectivity index (χ0) is 9.84. The van der Waals surface area contributed by atoms with Gasteiger partial charge in [-0.15, -0.1) is 0 Å². The second-order valence-corrected chi connectivity index (χ2v) is 3.65. The lowest BCUT2D eigenvalue weighted by Gasteiger charge is -2.35. The Labute approximate surface area is 79.0 Å². The summed E-state index contributed by atoms with van der Waals surface area (Å²) in [6, 6.07) is 0.0728. The van der Waals surface area contributed by atoms with E-state index in [0.29, 0.717) is 26.3 Å². The number of carbonyl (C=O) groups excluding carboxylic acids is 1. The molecule has 13 heavy (non-hydrogen) atoms. The molecule has 4 nitrogen and oxygen atoms in total. The van der Waals surface area contributed by atoms with Gasteiger partial charge in [0.2, 0.25) is 5.91 Å². The molecule has 0 aromatic rings. The van der Waals surface area contributed by atoms with Crippen LogP contribution >= 0.6 is 0 Å². The third-order valence-corrected chi connectivity index (χ3v) is 2.28. The summed E-state index contributed by atoms with van der Waals surface area (Å²) < 4.78 is 5.26. The Morgan fingerprint density at radius 3 is 2.92 bits per heavy atom. The standard InChI is InChI=1S/C9H18N2O2/c1-7(2)9(12)11-3-4-13-6-8(11)5-10/h7-8H,3-6,10H2,1-2H3. The molecule has 1 rings (SSSR count). The van der Waals surface area contributed by atoms with Gasteiger partial charge in [0.25, 0.3) is 0 Å². The van der Waals surface area contributed by atoms with Crippen LogP contribution in [-0.4, -0.2) is 43.2 Å². The predicted octanol–water partition coefficient (Wildman–Crippen LogP) is -0.171. The smallest absolute Gasteiger partial charge is 0.225 e. The average Bonchev–Trinajstić information content (AvgIpc) is 2.16. The van der Waals surface area contributed by atoms with Gasteiger partial charge < -0.3 is 15.4 Å². The van der Waals surface area contributed by atoms with Crippen molar-refractivity contribution < 1.29 is 9.53 Å². The molecule has 0 aromatic carbocycles. The molecule has 0 radical (unpaired) electrons. The minimum atomic E-state index is 0.0483. The van der Waals surface area contributed by atoms with E-state index in [0.717, 1.165) is 0 Å². The van der Waals surface area contributed by atoms with Crippen LogP contribution < -0.4 is 5.73 Å². The van der Waals surface area contributed by atoms with Crippen molar-refractivity contribution in [3.8, 4) is 0 Å². The number of carbonyl (C=O) groups is 1. The van der Waals surface area contributed by atoms with Crippen molar-refractivity contribution in [2.45, 2.75) is 19.9 Å². The van der Waals surface area contributed by atoms with E-state index in [9.17, 15) is 4.79 Å². The van der Waals surface area contributed by atoms with Crippen LogP contribution in [0, 0.1) is 5.92 Å². The first-order valence-corrected chi connectivity index (χ1v) is 4.75. The molecule has 1 aliphatic rings. The third-order valence-electron chi connectivity index (χ3n) is 2.28. The van der Waals surface area contributed by atoms with Gasteiger partial charge in [0, 0.05) is 19.0 Å². The molecule has 0 spiro atoms. The highest BCUT2D eigenvalue weighted by Gasteiger charge is 2.27. The van der Waals surface area contributed by atoms with Crippen molar-refractivity contribution >= 4 is 5.91 Å². The van der Waals surface area contributed by atoms with E-state index in [1.165, 1.54) is 0 Å². The maximum atomic E-state index is 11.7. The van der Waals surface area contributed by atoms with Crippen molar-refractivity contribution in [1.29, 1.82) is 0 Å². The van der Waals surface area contributed by atoms with Gasteiger partial charge in [-0.1, -0.05) is 13.8 Å². The summed E-state index contributed by atoms with van der Waals surface area (Å²) in [6.45, 7) is 6.19. The Morgan fingerprint density at radius 2 is 2.38 bits per heavy atom. The quantitative estimate of drug-likeness (QED) is 0.651. The summed E-state index contributed by atoms with van der Waals surface area (Å²) >= 11 is 0. The van der Waals surface area contributed by atoms with Crippen LogP contribution in [-0.2, 0) is 9.53 Å². The van der Waals surface area contributed by atoms with Crippen LogP contribution in [0.25, 0.3) is 0 Å². The third kappa shape index (κ3) is 2.42. The summed E-state index contributed by atoms with van der Waals surface area (Å²) in [4.78, 5) is 13.5. The number of morpholine rings is 1. The molecule has 1 heterocycles. The van der Waals surface area contributed by atoms with E-state index in [-0.39, 0.29) is 17.9 Å². The van der Waals surface area contributed by atoms with Gasteiger partial charge in [0.1, 0.15) is 0 Å². The van der Waals surface area contributed by atoms with Gasteiger partial charge in [0.15, 0.2) is 0 Å². The van der Waals surface area contributed by atoms with E-state index >= 15 is 0 Å². The second-order valence-electron chi connectivity index (χ2n) is 3.65. The topological polar surface area (TPSA) is 55.6 Å². The molecule has 1 aliphatic heterocycles. The van der Waals surface area contributed by atoms with Gasteiger partial charge in [-0.05, 0) is 0 Å². The Hall–Kier alpha value is -0.610. The maximum Gasteiger partial charge on any atom is 0.225 e. The van der Waals surface area contributed by atoms with Crippen molar-refractivity contribution in [3.05, 3.63) is 0 Å². The maximum absolute atomic E-state index is 11.7. The molecule has 0 aliphatic carbocycles. The number of amides is 1. The van der Waals surface area contributed by atoms with Crippen LogP contribution in [0.1, 0.15) is 13.8 Å². The average molecular weight is 186 g/mol. The predicted molar refractivity (Wildman–Crippen MR) is 50.2 cm³/mol. The summed E-state index contributed by atoms with van der Waals surface area (Å²) in [5, 5.41) is 0. The molecule has 1 unspecified atom stereocenters. The van der Waals surface area contributed by atoms with E-state index < -0.39 is 0 Å². The highest BCUT2D eigenvalue weighted by molar-refractivity contribution is 5.78. The summed E-state index contributed by atoms with van der Waals surface area (Å²) in [5.41, 5.74) is 5.56. The summed E-state index contributed by atoms with van der Waals surface area (Å²) in [5.74, 6) is 0.228. The molecular weight excluding hydrogens is 168 g/mol. The monoisotopic (exact) mass is 186 g/mol. The van der Waals surface area contributed by atoms with Crippen molar-refractivity contribution in [3.63, 3.8) is 0 Å². The highest BCUT2D eigenvalue weighted by Crippen LogP contribution is 2.10. The lowest BCUT2D eigenvalue weighted by atomic mass is 10.1. The number of nitrogens with two attached hydrogens (primary N) is 1. The number of hydrogen-bond acceptors (Lipinski definition) is 3. The molecule has 1 atom stereocenters. The van der Waals surface area contributed by atoms with Gasteiger partial charge in [0.05, 0.1) is 19.3 Å². The van der Waals surface area contributed by atoms with E-state index in [4.69, 9.17) is 10.5 Å². The molecule has 0 saturated carbocycles. The van der Waals surface area contributed by atoms with Crippen LogP contribution in [0.15, 0.2) is 0 Å². The molecule has 1 saturated heterocycles. The number of hydrogen-bond donors (Lipinski definition) is 1. The van der Waals surface area contributed by atoms with Crippen LogP contribution in [0.2, 0.25) is 0 Å². The minimum Gasteiger partial charge on any atom is -0.377 e. The molecule has 1 amide bonds. The summed E-state index contributed by atoms with van der Waals surface area (Å²) in [6.07, 6.45) is 0. The number of nitrogens with zero attached hydrogens (tertiary/aromatic N) is 1.